The molecule has 1 aromatic carbocycles. The van der Waals surface area contributed by atoms with E-state index < -0.39 is 0 Å². The summed E-state index contributed by atoms with van der Waals surface area (Å²) in [4.78, 5) is 4.23. The number of unbranched alkanes of at least 4 members (excludes halogenated alkanes) is 1. The highest BCUT2D eigenvalue weighted by atomic mass is 127. The lowest BCUT2D eigenvalue weighted by Crippen LogP contribution is -2.34. The monoisotopic (exact) mass is 503 g/mol. The molecule has 0 fully saturated rings. The molecular formula is C17H28Cl2IN3O2. The number of halogens is 3. The summed E-state index contributed by atoms with van der Waals surface area (Å²) in [6, 6.07) is 5.31. The van der Waals surface area contributed by atoms with Gasteiger partial charge in [0.2, 0.25) is 0 Å². The van der Waals surface area contributed by atoms with Crippen molar-refractivity contribution in [2.24, 2.45) is 10.7 Å². The Labute approximate surface area is 177 Å². The molecular weight excluding hydrogens is 476 g/mol. The molecule has 0 spiro atoms. The van der Waals surface area contributed by atoms with Crippen LogP contribution in [0, 0.1) is 0 Å². The Hall–Kier alpha value is -0.280. The molecule has 0 saturated heterocycles. The minimum absolute atomic E-state index is 0. The number of rotatable bonds is 11. The zero-order chi connectivity index (χ0) is 17.8. The summed E-state index contributed by atoms with van der Waals surface area (Å²) in [5, 5.41) is 4.31. The summed E-state index contributed by atoms with van der Waals surface area (Å²) >= 11 is 12.1. The Kier molecular flexibility index (Phi) is 14.7. The number of nitrogens with two attached hydrogens (primary N) is 1. The molecule has 1 unspecified atom stereocenters. The molecule has 1 atom stereocenters. The molecule has 1 aromatic rings. The second kappa shape index (κ2) is 14.8. The van der Waals surface area contributed by atoms with E-state index in [1.165, 1.54) is 0 Å². The summed E-state index contributed by atoms with van der Waals surface area (Å²) in [7, 11) is 0. The normalized spacial score (nSPS) is 12.6. The van der Waals surface area contributed by atoms with Crippen LogP contribution in [0.2, 0.25) is 10.0 Å². The predicted octanol–water partition coefficient (Wildman–Crippen LogP) is 4.41. The smallest absolute Gasteiger partial charge is 0.189 e. The van der Waals surface area contributed by atoms with Crippen LogP contribution in [0.15, 0.2) is 23.2 Å². The maximum absolute atomic E-state index is 6.18. The minimum Gasteiger partial charge on any atom is -0.379 e. The highest BCUT2D eigenvalue weighted by Crippen LogP contribution is 2.25. The van der Waals surface area contributed by atoms with E-state index in [0.29, 0.717) is 42.4 Å². The van der Waals surface area contributed by atoms with Crippen molar-refractivity contribution < 1.29 is 9.47 Å². The van der Waals surface area contributed by atoms with E-state index in [1.807, 2.05) is 13.0 Å². The SMILES string of the molecule is CCCCOCCOCCN=C(N)NC(C)c1ccc(Cl)cc1Cl.I. The highest BCUT2D eigenvalue weighted by Gasteiger charge is 2.10. The van der Waals surface area contributed by atoms with Gasteiger partial charge in [-0.25, -0.2) is 0 Å². The number of nitrogens with zero attached hydrogens (tertiary/aromatic N) is 1. The molecule has 0 radical (unpaired) electrons. The number of hydrogen-bond acceptors (Lipinski definition) is 3. The number of ether oxygens (including phenoxy) is 2. The first-order valence-electron chi connectivity index (χ1n) is 8.21. The van der Waals surface area contributed by atoms with Gasteiger partial charge in [-0.05, 0) is 31.0 Å². The van der Waals surface area contributed by atoms with Crippen LogP contribution in [-0.4, -0.2) is 38.9 Å². The first kappa shape index (κ1) is 24.7. The van der Waals surface area contributed by atoms with Gasteiger partial charge in [0.1, 0.15) is 0 Å². The van der Waals surface area contributed by atoms with Gasteiger partial charge in [-0.2, -0.15) is 0 Å². The molecule has 0 aliphatic carbocycles. The lowest BCUT2D eigenvalue weighted by molar-refractivity contribution is 0.0497. The van der Waals surface area contributed by atoms with Crippen LogP contribution in [0.1, 0.15) is 38.3 Å². The average Bonchev–Trinajstić information content (AvgIpc) is 2.53. The van der Waals surface area contributed by atoms with Crippen LogP contribution in [0.25, 0.3) is 0 Å². The molecule has 1 rings (SSSR count). The second-order valence-electron chi connectivity index (χ2n) is 5.38. The van der Waals surface area contributed by atoms with Gasteiger partial charge in [0.25, 0.3) is 0 Å². The van der Waals surface area contributed by atoms with Crippen LogP contribution in [0.4, 0.5) is 0 Å². The van der Waals surface area contributed by atoms with Gasteiger partial charge < -0.3 is 20.5 Å². The summed E-state index contributed by atoms with van der Waals surface area (Å²) in [6.45, 7) is 7.08. The number of hydrogen-bond donors (Lipinski definition) is 2. The van der Waals surface area contributed by atoms with Gasteiger partial charge >= 0.3 is 0 Å². The Bertz CT molecular complexity index is 519. The fraction of sp³-hybridized carbons (Fsp3) is 0.588. The molecule has 3 N–H and O–H groups in total. The van der Waals surface area contributed by atoms with E-state index in [0.717, 1.165) is 25.0 Å². The van der Waals surface area contributed by atoms with Gasteiger partial charge in [-0.3, -0.25) is 4.99 Å². The maximum Gasteiger partial charge on any atom is 0.189 e. The fourth-order valence-corrected chi connectivity index (χ4v) is 2.57. The molecule has 0 bridgehead atoms. The van der Waals surface area contributed by atoms with Crippen LogP contribution in [-0.2, 0) is 9.47 Å². The summed E-state index contributed by atoms with van der Waals surface area (Å²) in [6.07, 6.45) is 2.23. The van der Waals surface area contributed by atoms with Crippen molar-refractivity contribution >= 4 is 53.1 Å². The molecule has 0 aliphatic rings. The molecule has 0 amide bonds. The van der Waals surface area contributed by atoms with Crippen molar-refractivity contribution in [3.05, 3.63) is 33.8 Å². The van der Waals surface area contributed by atoms with Gasteiger partial charge in [0.15, 0.2) is 5.96 Å². The first-order chi connectivity index (χ1) is 11.5. The lowest BCUT2D eigenvalue weighted by atomic mass is 10.1. The van der Waals surface area contributed by atoms with Crippen molar-refractivity contribution in [3.63, 3.8) is 0 Å². The van der Waals surface area contributed by atoms with E-state index in [9.17, 15) is 0 Å². The molecule has 0 aliphatic heterocycles. The Morgan fingerprint density at radius 1 is 1.20 bits per heavy atom. The van der Waals surface area contributed by atoms with Crippen molar-refractivity contribution in [1.82, 2.24) is 5.32 Å². The van der Waals surface area contributed by atoms with E-state index in [4.69, 9.17) is 38.4 Å². The first-order valence-corrected chi connectivity index (χ1v) is 8.97. The van der Waals surface area contributed by atoms with Gasteiger partial charge in [-0.1, -0.05) is 42.6 Å². The second-order valence-corrected chi connectivity index (χ2v) is 6.22. The lowest BCUT2D eigenvalue weighted by Gasteiger charge is -2.16. The topological polar surface area (TPSA) is 68.9 Å². The van der Waals surface area contributed by atoms with E-state index in [1.54, 1.807) is 12.1 Å². The van der Waals surface area contributed by atoms with E-state index >= 15 is 0 Å². The molecule has 8 heteroatoms. The summed E-state index contributed by atoms with van der Waals surface area (Å²) < 4.78 is 10.8. The van der Waals surface area contributed by atoms with Gasteiger partial charge in [-0.15, -0.1) is 24.0 Å². The average molecular weight is 504 g/mol. The summed E-state index contributed by atoms with van der Waals surface area (Å²) in [5.74, 6) is 0.358. The van der Waals surface area contributed by atoms with Crippen molar-refractivity contribution in [2.45, 2.75) is 32.7 Å². The van der Waals surface area contributed by atoms with Crippen molar-refractivity contribution in [2.75, 3.05) is 33.0 Å². The summed E-state index contributed by atoms with van der Waals surface area (Å²) in [5.41, 5.74) is 6.79. The number of benzene rings is 1. The Morgan fingerprint density at radius 2 is 1.88 bits per heavy atom. The predicted molar refractivity (Wildman–Crippen MR) is 116 cm³/mol. The Balaban J connectivity index is 0.00000576. The zero-order valence-electron chi connectivity index (χ0n) is 14.8. The fourth-order valence-electron chi connectivity index (χ4n) is 2.00. The highest BCUT2D eigenvalue weighted by molar-refractivity contribution is 14.0. The third kappa shape index (κ3) is 11.1. The number of guanidine groups is 1. The van der Waals surface area contributed by atoms with Crippen molar-refractivity contribution in [3.8, 4) is 0 Å². The van der Waals surface area contributed by atoms with Crippen LogP contribution in [0.3, 0.4) is 0 Å². The molecule has 0 aromatic heterocycles. The van der Waals surface area contributed by atoms with Gasteiger partial charge in [0, 0.05) is 16.7 Å². The third-order valence-corrected chi connectivity index (χ3v) is 3.89. The van der Waals surface area contributed by atoms with E-state index in [-0.39, 0.29) is 30.0 Å². The molecule has 144 valence electrons. The van der Waals surface area contributed by atoms with Gasteiger partial charge in [0.05, 0.1) is 32.4 Å². The van der Waals surface area contributed by atoms with E-state index in [2.05, 4.69) is 17.2 Å². The quantitative estimate of drug-likeness (QED) is 0.203. The largest absolute Gasteiger partial charge is 0.379 e. The number of nitrogens with one attached hydrogen (secondary N) is 1. The van der Waals surface area contributed by atoms with Crippen LogP contribution < -0.4 is 11.1 Å². The third-order valence-electron chi connectivity index (χ3n) is 3.33. The Morgan fingerprint density at radius 3 is 2.52 bits per heavy atom. The molecule has 5 nitrogen and oxygen atoms in total. The molecule has 25 heavy (non-hydrogen) atoms. The zero-order valence-corrected chi connectivity index (χ0v) is 18.6. The van der Waals surface area contributed by atoms with Crippen LogP contribution in [0.5, 0.6) is 0 Å². The maximum atomic E-state index is 6.18. The number of aliphatic imine (C=N–C) groups is 1. The standard InChI is InChI=1S/C17H27Cl2N3O2.HI/c1-3-4-8-23-10-11-24-9-7-21-17(20)22-13(2)15-6-5-14(18)12-16(15)19;/h5-6,12-13H,3-4,7-11H2,1-2H3,(H3,20,21,22);1H. The molecule has 0 saturated carbocycles. The van der Waals surface area contributed by atoms with Crippen molar-refractivity contribution in [1.29, 1.82) is 0 Å². The van der Waals surface area contributed by atoms with Crippen LogP contribution >= 0.6 is 47.2 Å². The minimum atomic E-state index is -0.0635. The molecule has 0 heterocycles.